The van der Waals surface area contributed by atoms with Crippen LogP contribution in [0.25, 0.3) is 0 Å². The Balaban J connectivity index is 1.50. The van der Waals surface area contributed by atoms with Gasteiger partial charge in [0, 0.05) is 43.0 Å². The second-order valence-electron chi connectivity index (χ2n) is 8.30. The molecule has 1 aromatic carbocycles. The molecule has 2 N–H and O–H groups in total. The SMILES string of the molecule is CC(C)(C)C(=O)N1CCN(C(=O)C(=O)Nc2ccc(NC(=O)c3ccco3)cc2)CC1. The Kier molecular flexibility index (Phi) is 6.43. The maximum Gasteiger partial charge on any atom is 0.313 e. The standard InChI is InChI=1S/C22H26N4O5/c1-22(2,3)21(30)26-12-10-25(11-13-26)20(29)19(28)24-16-8-6-15(7-9-16)23-18(27)17-5-4-14-31-17/h4-9,14H,10-13H2,1-3H3,(H,23,27)(H,24,28). The number of rotatable bonds is 3. The first-order chi connectivity index (χ1) is 14.6. The molecule has 1 fully saturated rings. The minimum Gasteiger partial charge on any atom is -0.459 e. The topological polar surface area (TPSA) is 112 Å². The number of nitrogens with zero attached hydrogens (tertiary/aromatic N) is 2. The average Bonchev–Trinajstić information content (AvgIpc) is 3.28. The first kappa shape index (κ1) is 22.1. The van der Waals surface area contributed by atoms with E-state index in [1.807, 2.05) is 20.8 Å². The van der Waals surface area contributed by atoms with Crippen molar-refractivity contribution < 1.29 is 23.6 Å². The Hall–Kier alpha value is -3.62. The van der Waals surface area contributed by atoms with E-state index < -0.39 is 17.2 Å². The molecule has 0 saturated carbocycles. The molecule has 0 bridgehead atoms. The number of amides is 4. The molecule has 0 aliphatic carbocycles. The molecule has 9 heteroatoms. The van der Waals surface area contributed by atoms with Crippen LogP contribution in [-0.4, -0.2) is 59.6 Å². The third kappa shape index (κ3) is 5.50. The third-order valence-electron chi connectivity index (χ3n) is 4.84. The second-order valence-corrected chi connectivity index (χ2v) is 8.30. The van der Waals surface area contributed by atoms with Crippen LogP contribution in [-0.2, 0) is 14.4 Å². The molecule has 0 spiro atoms. The molecule has 0 unspecified atom stereocenters. The van der Waals surface area contributed by atoms with Crippen molar-refractivity contribution >= 4 is 35.0 Å². The van der Waals surface area contributed by atoms with Gasteiger partial charge in [0.05, 0.1) is 6.26 Å². The Morgan fingerprint density at radius 3 is 1.90 bits per heavy atom. The van der Waals surface area contributed by atoms with Gasteiger partial charge in [-0.2, -0.15) is 0 Å². The summed E-state index contributed by atoms with van der Waals surface area (Å²) in [5.74, 6) is -1.56. The van der Waals surface area contributed by atoms with Crippen molar-refractivity contribution in [2.24, 2.45) is 5.41 Å². The molecule has 164 valence electrons. The predicted octanol–water partition coefficient (Wildman–Crippen LogP) is 2.19. The number of hydrogen-bond donors (Lipinski definition) is 2. The lowest BCUT2D eigenvalue weighted by Crippen LogP contribution is -2.54. The predicted molar refractivity (Wildman–Crippen MR) is 114 cm³/mol. The Bertz CT molecular complexity index is 953. The molecule has 3 rings (SSSR count). The van der Waals surface area contributed by atoms with E-state index in [9.17, 15) is 19.2 Å². The Labute approximate surface area is 180 Å². The molecule has 31 heavy (non-hydrogen) atoms. The quantitative estimate of drug-likeness (QED) is 0.731. The maximum absolute atomic E-state index is 12.5. The first-order valence-corrected chi connectivity index (χ1v) is 10.00. The van der Waals surface area contributed by atoms with Crippen LogP contribution in [0, 0.1) is 5.41 Å². The van der Waals surface area contributed by atoms with Crippen LogP contribution in [0.1, 0.15) is 31.3 Å². The highest BCUT2D eigenvalue weighted by atomic mass is 16.3. The Morgan fingerprint density at radius 2 is 1.39 bits per heavy atom. The zero-order valence-corrected chi connectivity index (χ0v) is 17.8. The van der Waals surface area contributed by atoms with E-state index in [0.29, 0.717) is 37.6 Å². The maximum atomic E-state index is 12.5. The molecule has 2 heterocycles. The summed E-state index contributed by atoms with van der Waals surface area (Å²) in [6.45, 7) is 6.99. The Morgan fingerprint density at radius 1 is 0.839 bits per heavy atom. The van der Waals surface area contributed by atoms with Gasteiger partial charge in [-0.05, 0) is 36.4 Å². The number of nitrogens with one attached hydrogen (secondary N) is 2. The summed E-state index contributed by atoms with van der Waals surface area (Å²) in [5.41, 5.74) is 0.467. The highest BCUT2D eigenvalue weighted by Crippen LogP contribution is 2.19. The van der Waals surface area contributed by atoms with E-state index in [4.69, 9.17) is 4.42 Å². The van der Waals surface area contributed by atoms with Gasteiger partial charge in [-0.3, -0.25) is 19.2 Å². The summed E-state index contributed by atoms with van der Waals surface area (Å²) in [4.78, 5) is 52.3. The lowest BCUT2D eigenvalue weighted by atomic mass is 9.94. The largest absolute Gasteiger partial charge is 0.459 e. The van der Waals surface area contributed by atoms with E-state index in [0.717, 1.165) is 0 Å². The van der Waals surface area contributed by atoms with Crippen LogP contribution in [0.3, 0.4) is 0 Å². The number of carbonyl (C=O) groups is 4. The number of anilines is 2. The molecular weight excluding hydrogens is 400 g/mol. The van der Waals surface area contributed by atoms with Crippen molar-refractivity contribution in [3.63, 3.8) is 0 Å². The summed E-state index contributed by atoms with van der Waals surface area (Å²) >= 11 is 0. The minimum absolute atomic E-state index is 0.0308. The lowest BCUT2D eigenvalue weighted by Gasteiger charge is -2.37. The van der Waals surface area contributed by atoms with E-state index in [-0.39, 0.29) is 17.6 Å². The smallest absolute Gasteiger partial charge is 0.313 e. The summed E-state index contributed by atoms with van der Waals surface area (Å²) in [5, 5.41) is 5.23. The molecule has 4 amide bonds. The van der Waals surface area contributed by atoms with Gasteiger partial charge in [0.2, 0.25) is 5.91 Å². The van der Waals surface area contributed by atoms with Crippen LogP contribution >= 0.6 is 0 Å². The molecule has 2 aromatic rings. The number of carbonyl (C=O) groups excluding carboxylic acids is 4. The van der Waals surface area contributed by atoms with Crippen molar-refractivity contribution in [1.29, 1.82) is 0 Å². The molecule has 1 aliphatic rings. The van der Waals surface area contributed by atoms with Crippen molar-refractivity contribution in [1.82, 2.24) is 9.80 Å². The van der Waals surface area contributed by atoms with Crippen LogP contribution < -0.4 is 10.6 Å². The van der Waals surface area contributed by atoms with Gasteiger partial charge in [-0.25, -0.2) is 0 Å². The molecular formula is C22H26N4O5. The average molecular weight is 426 g/mol. The molecule has 1 saturated heterocycles. The molecule has 0 radical (unpaired) electrons. The first-order valence-electron chi connectivity index (χ1n) is 10.00. The van der Waals surface area contributed by atoms with Gasteiger partial charge < -0.3 is 24.9 Å². The fourth-order valence-electron chi connectivity index (χ4n) is 3.15. The van der Waals surface area contributed by atoms with Gasteiger partial charge in [0.25, 0.3) is 5.91 Å². The van der Waals surface area contributed by atoms with Crippen LogP contribution in [0.2, 0.25) is 0 Å². The minimum atomic E-state index is -0.747. The summed E-state index contributed by atoms with van der Waals surface area (Å²) in [6.07, 6.45) is 1.41. The zero-order valence-electron chi connectivity index (χ0n) is 17.8. The third-order valence-corrected chi connectivity index (χ3v) is 4.84. The highest BCUT2D eigenvalue weighted by molar-refractivity contribution is 6.39. The number of furan rings is 1. The van der Waals surface area contributed by atoms with Crippen molar-refractivity contribution in [3.05, 3.63) is 48.4 Å². The van der Waals surface area contributed by atoms with E-state index >= 15 is 0 Å². The number of hydrogen-bond acceptors (Lipinski definition) is 5. The monoisotopic (exact) mass is 426 g/mol. The van der Waals surface area contributed by atoms with Crippen molar-refractivity contribution in [2.75, 3.05) is 36.8 Å². The normalized spacial score (nSPS) is 14.2. The zero-order chi connectivity index (χ0) is 22.6. The fourth-order valence-corrected chi connectivity index (χ4v) is 3.15. The van der Waals surface area contributed by atoms with Gasteiger partial charge in [-0.1, -0.05) is 20.8 Å². The van der Waals surface area contributed by atoms with Crippen LogP contribution in [0.15, 0.2) is 47.1 Å². The van der Waals surface area contributed by atoms with Crippen LogP contribution in [0.5, 0.6) is 0 Å². The van der Waals surface area contributed by atoms with Gasteiger partial charge in [-0.15, -0.1) is 0 Å². The van der Waals surface area contributed by atoms with Gasteiger partial charge in [0.1, 0.15) is 0 Å². The second kappa shape index (κ2) is 9.03. The highest BCUT2D eigenvalue weighted by Gasteiger charge is 2.32. The molecule has 1 aromatic heterocycles. The molecule has 9 nitrogen and oxygen atoms in total. The van der Waals surface area contributed by atoms with Crippen molar-refractivity contribution in [2.45, 2.75) is 20.8 Å². The summed E-state index contributed by atoms with van der Waals surface area (Å²) < 4.78 is 5.03. The van der Waals surface area contributed by atoms with Crippen molar-refractivity contribution in [3.8, 4) is 0 Å². The fraction of sp³-hybridized carbons (Fsp3) is 0.364. The summed E-state index contributed by atoms with van der Waals surface area (Å²) in [7, 11) is 0. The van der Waals surface area contributed by atoms with E-state index in [1.165, 1.54) is 11.2 Å². The molecule has 0 atom stereocenters. The number of piperazine rings is 1. The summed E-state index contributed by atoms with van der Waals surface area (Å²) in [6, 6.07) is 9.56. The molecule has 1 aliphatic heterocycles. The van der Waals surface area contributed by atoms with E-state index in [1.54, 1.807) is 41.3 Å². The van der Waals surface area contributed by atoms with Gasteiger partial charge >= 0.3 is 11.8 Å². The van der Waals surface area contributed by atoms with Gasteiger partial charge in [0.15, 0.2) is 5.76 Å². The van der Waals surface area contributed by atoms with E-state index in [2.05, 4.69) is 10.6 Å². The lowest BCUT2D eigenvalue weighted by molar-refractivity contribution is -0.148. The number of benzene rings is 1. The van der Waals surface area contributed by atoms with Crippen LogP contribution in [0.4, 0.5) is 11.4 Å².